The molecule has 3 heteroatoms. The van der Waals surface area contributed by atoms with Crippen molar-refractivity contribution < 1.29 is 4.79 Å². The maximum Gasteiger partial charge on any atom is 0.207 e. The molecule has 0 radical (unpaired) electrons. The van der Waals surface area contributed by atoms with E-state index in [1.807, 2.05) is 0 Å². The molecule has 2 fully saturated rings. The summed E-state index contributed by atoms with van der Waals surface area (Å²) >= 11 is 0. The quantitative estimate of drug-likeness (QED) is 0.611. The summed E-state index contributed by atoms with van der Waals surface area (Å²) < 4.78 is 0. The van der Waals surface area contributed by atoms with E-state index in [4.69, 9.17) is 0 Å². The third-order valence-corrected chi connectivity index (χ3v) is 3.53. The van der Waals surface area contributed by atoms with Gasteiger partial charge in [-0.3, -0.25) is 4.79 Å². The Morgan fingerprint density at radius 1 is 1.23 bits per heavy atom. The van der Waals surface area contributed by atoms with Gasteiger partial charge in [-0.2, -0.15) is 0 Å². The summed E-state index contributed by atoms with van der Waals surface area (Å²) in [6.45, 7) is 2.25. The molecule has 3 atom stereocenters. The molecule has 1 heterocycles. The maximum absolute atomic E-state index is 10.4. The molecule has 2 rings (SSSR count). The zero-order chi connectivity index (χ0) is 9.10. The summed E-state index contributed by atoms with van der Waals surface area (Å²) in [7, 11) is 0. The van der Waals surface area contributed by atoms with Crippen molar-refractivity contribution in [1.82, 2.24) is 10.6 Å². The first-order valence-electron chi connectivity index (χ1n) is 5.32. The van der Waals surface area contributed by atoms with E-state index in [2.05, 4.69) is 10.6 Å². The molecule has 2 N–H and O–H groups in total. The summed E-state index contributed by atoms with van der Waals surface area (Å²) in [5.74, 6) is 1.49. The van der Waals surface area contributed by atoms with Crippen LogP contribution in [0.4, 0.5) is 0 Å². The van der Waals surface area contributed by atoms with Gasteiger partial charge in [0.1, 0.15) is 0 Å². The van der Waals surface area contributed by atoms with Crippen LogP contribution in [0.3, 0.4) is 0 Å². The number of fused-ring (bicyclic) bond motifs is 1. The Morgan fingerprint density at radius 3 is 2.92 bits per heavy atom. The molecule has 1 aliphatic carbocycles. The highest BCUT2D eigenvalue weighted by Gasteiger charge is 2.34. The molecular weight excluding hydrogens is 164 g/mol. The first kappa shape index (κ1) is 9.00. The van der Waals surface area contributed by atoms with Crippen LogP contribution in [0.2, 0.25) is 0 Å². The Balaban J connectivity index is 2.01. The van der Waals surface area contributed by atoms with Crippen molar-refractivity contribution >= 4 is 6.41 Å². The number of rotatable bonds is 2. The largest absolute Gasteiger partial charge is 0.356 e. The Labute approximate surface area is 79.3 Å². The second-order valence-electron chi connectivity index (χ2n) is 4.26. The lowest BCUT2D eigenvalue weighted by molar-refractivity contribution is -0.110. The van der Waals surface area contributed by atoms with Crippen LogP contribution >= 0.6 is 0 Å². The molecule has 3 nitrogen and oxygen atoms in total. The van der Waals surface area contributed by atoms with Crippen molar-refractivity contribution in [3.05, 3.63) is 0 Å². The summed E-state index contributed by atoms with van der Waals surface area (Å²) in [5.41, 5.74) is 0. The van der Waals surface area contributed by atoms with E-state index in [1.54, 1.807) is 0 Å². The minimum absolute atomic E-state index is 0.431. The summed E-state index contributed by atoms with van der Waals surface area (Å²) in [4.78, 5) is 10.4. The number of nitrogens with one attached hydrogen (secondary N) is 2. The van der Waals surface area contributed by atoms with Gasteiger partial charge in [-0.15, -0.1) is 0 Å². The van der Waals surface area contributed by atoms with E-state index in [1.165, 1.54) is 25.7 Å². The van der Waals surface area contributed by atoms with Crippen LogP contribution in [-0.4, -0.2) is 25.5 Å². The SMILES string of the molecule is O=CN[C@H]1CCCC[C@H]2CNC[C@@H]21. The lowest BCUT2D eigenvalue weighted by Gasteiger charge is -2.24. The highest BCUT2D eigenvalue weighted by molar-refractivity contribution is 5.46. The first-order chi connectivity index (χ1) is 6.42. The third kappa shape index (κ3) is 1.85. The van der Waals surface area contributed by atoms with Crippen LogP contribution in [0.25, 0.3) is 0 Å². The molecule has 2 aliphatic rings. The Kier molecular flexibility index (Phi) is 2.83. The van der Waals surface area contributed by atoms with Gasteiger partial charge >= 0.3 is 0 Å². The molecule has 13 heavy (non-hydrogen) atoms. The van der Waals surface area contributed by atoms with Gasteiger partial charge in [0, 0.05) is 12.6 Å². The average molecular weight is 182 g/mol. The predicted molar refractivity (Wildman–Crippen MR) is 51.3 cm³/mol. The Morgan fingerprint density at radius 2 is 2.08 bits per heavy atom. The highest BCUT2D eigenvalue weighted by atomic mass is 16.1. The van der Waals surface area contributed by atoms with Crippen LogP contribution in [0, 0.1) is 11.8 Å². The van der Waals surface area contributed by atoms with Crippen molar-refractivity contribution in [2.24, 2.45) is 11.8 Å². The van der Waals surface area contributed by atoms with Crippen LogP contribution < -0.4 is 10.6 Å². The fourth-order valence-electron chi connectivity index (χ4n) is 2.82. The summed E-state index contributed by atoms with van der Waals surface area (Å²) in [6.07, 6.45) is 5.99. The van der Waals surface area contributed by atoms with Gasteiger partial charge in [-0.25, -0.2) is 0 Å². The van der Waals surface area contributed by atoms with Crippen LogP contribution in [-0.2, 0) is 4.79 Å². The van der Waals surface area contributed by atoms with Crippen LogP contribution in [0.1, 0.15) is 25.7 Å². The highest BCUT2D eigenvalue weighted by Crippen LogP contribution is 2.31. The molecule has 0 unspecified atom stereocenters. The van der Waals surface area contributed by atoms with Gasteiger partial charge < -0.3 is 10.6 Å². The molecule has 1 saturated heterocycles. The van der Waals surface area contributed by atoms with E-state index < -0.39 is 0 Å². The fourth-order valence-corrected chi connectivity index (χ4v) is 2.82. The topological polar surface area (TPSA) is 41.1 Å². The van der Waals surface area contributed by atoms with Crippen molar-refractivity contribution in [2.45, 2.75) is 31.7 Å². The number of carbonyl (C=O) groups is 1. The summed E-state index contributed by atoms with van der Waals surface area (Å²) in [5, 5.41) is 6.40. The monoisotopic (exact) mass is 182 g/mol. The molecule has 1 aliphatic heterocycles. The molecular formula is C10H18N2O. The zero-order valence-electron chi connectivity index (χ0n) is 7.96. The zero-order valence-corrected chi connectivity index (χ0v) is 7.96. The van der Waals surface area contributed by atoms with E-state index in [0.29, 0.717) is 12.0 Å². The van der Waals surface area contributed by atoms with E-state index >= 15 is 0 Å². The normalized spacial score (nSPS) is 39.2. The lowest BCUT2D eigenvalue weighted by Crippen LogP contribution is -2.38. The van der Waals surface area contributed by atoms with Gasteiger partial charge in [-0.1, -0.05) is 12.8 Å². The van der Waals surface area contributed by atoms with Gasteiger partial charge in [-0.05, 0) is 31.2 Å². The summed E-state index contributed by atoms with van der Waals surface area (Å²) in [6, 6.07) is 0.431. The van der Waals surface area contributed by atoms with E-state index in [-0.39, 0.29) is 0 Å². The standard InChI is InChI=1S/C10H18N2O/c13-7-12-10-4-2-1-3-8-5-11-6-9(8)10/h7-11H,1-6H2,(H,12,13)/t8-,9-,10-/m0/s1. The van der Waals surface area contributed by atoms with Crippen molar-refractivity contribution in [3.8, 4) is 0 Å². The van der Waals surface area contributed by atoms with Gasteiger partial charge in [0.05, 0.1) is 0 Å². The molecule has 0 aromatic rings. The third-order valence-electron chi connectivity index (χ3n) is 3.53. The Bertz CT molecular complexity index is 184. The second kappa shape index (κ2) is 4.09. The number of hydrogen-bond acceptors (Lipinski definition) is 2. The number of carbonyl (C=O) groups excluding carboxylic acids is 1. The minimum Gasteiger partial charge on any atom is -0.356 e. The first-order valence-corrected chi connectivity index (χ1v) is 5.32. The van der Waals surface area contributed by atoms with Crippen molar-refractivity contribution in [3.63, 3.8) is 0 Å². The molecule has 74 valence electrons. The number of hydrogen-bond donors (Lipinski definition) is 2. The Hall–Kier alpha value is -0.570. The fraction of sp³-hybridized carbons (Fsp3) is 0.900. The van der Waals surface area contributed by atoms with E-state index in [9.17, 15) is 4.79 Å². The molecule has 0 aromatic heterocycles. The number of amides is 1. The molecule has 1 amide bonds. The van der Waals surface area contributed by atoms with Crippen LogP contribution in [0.5, 0.6) is 0 Å². The average Bonchev–Trinajstić information content (AvgIpc) is 2.52. The van der Waals surface area contributed by atoms with E-state index in [0.717, 1.165) is 25.4 Å². The molecule has 0 aromatic carbocycles. The molecule has 0 spiro atoms. The predicted octanol–water partition coefficient (Wildman–Crippen LogP) is 0.511. The smallest absolute Gasteiger partial charge is 0.207 e. The molecule has 1 saturated carbocycles. The van der Waals surface area contributed by atoms with Gasteiger partial charge in [0.15, 0.2) is 0 Å². The lowest BCUT2D eigenvalue weighted by atomic mass is 9.88. The van der Waals surface area contributed by atoms with Crippen LogP contribution in [0.15, 0.2) is 0 Å². The van der Waals surface area contributed by atoms with Crippen molar-refractivity contribution in [2.75, 3.05) is 13.1 Å². The second-order valence-corrected chi connectivity index (χ2v) is 4.26. The van der Waals surface area contributed by atoms with Crippen molar-refractivity contribution in [1.29, 1.82) is 0 Å². The van der Waals surface area contributed by atoms with Gasteiger partial charge in [0.25, 0.3) is 0 Å². The minimum atomic E-state index is 0.431. The maximum atomic E-state index is 10.4. The van der Waals surface area contributed by atoms with Gasteiger partial charge in [0.2, 0.25) is 6.41 Å². The molecule has 0 bridgehead atoms.